The summed E-state index contributed by atoms with van der Waals surface area (Å²) in [6.07, 6.45) is 5.53. The first kappa shape index (κ1) is 21.0. The third kappa shape index (κ3) is 3.51. The summed E-state index contributed by atoms with van der Waals surface area (Å²) in [7, 11) is 1.42. The number of hydrogen-bond donors (Lipinski definition) is 0. The lowest BCUT2D eigenvalue weighted by molar-refractivity contribution is -0.141. The lowest BCUT2D eigenvalue weighted by Gasteiger charge is -2.50. The van der Waals surface area contributed by atoms with Gasteiger partial charge in [-0.1, -0.05) is 26.8 Å². The fourth-order valence-corrected chi connectivity index (χ4v) is 6.28. The SMILES string of the molecule is CC.COC(=O)CCC1CC(=O)C2(C)CCC3c4ccc(F)cc4CCC3C12. The van der Waals surface area contributed by atoms with Crippen LogP contribution in [0.5, 0.6) is 0 Å². The fourth-order valence-electron chi connectivity index (χ4n) is 6.28. The Morgan fingerprint density at radius 1 is 1.29 bits per heavy atom. The van der Waals surface area contributed by atoms with Gasteiger partial charge in [-0.3, -0.25) is 9.59 Å². The van der Waals surface area contributed by atoms with Crippen LogP contribution in [0.4, 0.5) is 4.39 Å². The van der Waals surface area contributed by atoms with E-state index in [1.807, 2.05) is 19.9 Å². The third-order valence-electron chi connectivity index (χ3n) is 7.48. The second-order valence-corrected chi connectivity index (χ2v) is 8.64. The van der Waals surface area contributed by atoms with Gasteiger partial charge < -0.3 is 4.74 Å². The fraction of sp³-hybridized carbons (Fsp3) is 0.667. The average Bonchev–Trinajstić information content (AvgIpc) is 2.97. The molecular formula is C24H33FO3. The molecule has 4 heteroatoms. The summed E-state index contributed by atoms with van der Waals surface area (Å²) in [5.41, 5.74) is 2.18. The summed E-state index contributed by atoms with van der Waals surface area (Å²) >= 11 is 0. The molecule has 1 aromatic carbocycles. The Morgan fingerprint density at radius 3 is 2.75 bits per heavy atom. The van der Waals surface area contributed by atoms with Crippen molar-refractivity contribution in [3.63, 3.8) is 0 Å². The largest absolute Gasteiger partial charge is 0.469 e. The molecule has 154 valence electrons. The number of benzene rings is 1. The van der Waals surface area contributed by atoms with Gasteiger partial charge in [0.15, 0.2) is 0 Å². The van der Waals surface area contributed by atoms with Gasteiger partial charge in [0.25, 0.3) is 0 Å². The van der Waals surface area contributed by atoms with Gasteiger partial charge in [0.2, 0.25) is 0 Å². The van der Waals surface area contributed by atoms with Crippen LogP contribution in [0, 0.1) is 29.0 Å². The average molecular weight is 389 g/mol. The van der Waals surface area contributed by atoms with Gasteiger partial charge in [-0.2, -0.15) is 0 Å². The molecule has 2 saturated carbocycles. The normalized spacial score (nSPS) is 33.1. The van der Waals surface area contributed by atoms with Crippen molar-refractivity contribution in [2.75, 3.05) is 7.11 Å². The molecule has 0 aliphatic heterocycles. The highest BCUT2D eigenvalue weighted by Crippen LogP contribution is 2.62. The standard InChI is InChI=1S/C22H27FO3.C2H6/c1-22-10-9-17-16-7-5-15(23)11-13(16)3-6-18(17)21(22)14(12-19(22)24)4-8-20(25)26-2;1-2/h5,7,11,14,17-18,21H,3-4,6,8-10,12H2,1-2H3;1-2H3. The number of esters is 1. The second-order valence-electron chi connectivity index (χ2n) is 8.64. The van der Waals surface area contributed by atoms with Crippen LogP contribution >= 0.6 is 0 Å². The van der Waals surface area contributed by atoms with E-state index in [4.69, 9.17) is 4.74 Å². The molecule has 3 aliphatic carbocycles. The van der Waals surface area contributed by atoms with Crippen molar-refractivity contribution in [2.45, 2.75) is 71.6 Å². The van der Waals surface area contributed by atoms with Gasteiger partial charge in [-0.05, 0) is 79.0 Å². The van der Waals surface area contributed by atoms with E-state index in [9.17, 15) is 14.0 Å². The molecule has 0 radical (unpaired) electrons. The summed E-state index contributed by atoms with van der Waals surface area (Å²) in [6.45, 7) is 6.15. The number of methoxy groups -OCH3 is 1. The van der Waals surface area contributed by atoms with E-state index in [1.165, 1.54) is 12.7 Å². The molecule has 0 N–H and O–H groups in total. The van der Waals surface area contributed by atoms with Crippen molar-refractivity contribution in [3.8, 4) is 0 Å². The van der Waals surface area contributed by atoms with E-state index in [1.54, 1.807) is 12.1 Å². The topological polar surface area (TPSA) is 43.4 Å². The molecule has 0 aromatic heterocycles. The zero-order valence-corrected chi connectivity index (χ0v) is 17.6. The number of halogens is 1. The second kappa shape index (κ2) is 8.34. The van der Waals surface area contributed by atoms with Crippen molar-refractivity contribution in [2.24, 2.45) is 23.2 Å². The van der Waals surface area contributed by atoms with Crippen LogP contribution in [-0.4, -0.2) is 18.9 Å². The van der Waals surface area contributed by atoms with E-state index in [0.717, 1.165) is 37.7 Å². The van der Waals surface area contributed by atoms with E-state index >= 15 is 0 Å². The molecule has 3 aliphatic rings. The van der Waals surface area contributed by atoms with Crippen LogP contribution in [-0.2, 0) is 20.7 Å². The first-order valence-corrected chi connectivity index (χ1v) is 10.8. The van der Waals surface area contributed by atoms with E-state index in [-0.39, 0.29) is 23.1 Å². The quantitative estimate of drug-likeness (QED) is 0.646. The third-order valence-corrected chi connectivity index (χ3v) is 7.48. The Labute approximate surface area is 168 Å². The van der Waals surface area contributed by atoms with Crippen molar-refractivity contribution in [1.82, 2.24) is 0 Å². The molecule has 1 aromatic rings. The van der Waals surface area contributed by atoms with Crippen LogP contribution < -0.4 is 0 Å². The molecule has 2 fully saturated rings. The number of rotatable bonds is 3. The lowest BCUT2D eigenvalue weighted by atomic mass is 9.54. The van der Waals surface area contributed by atoms with E-state index in [0.29, 0.717) is 36.4 Å². The molecule has 3 nitrogen and oxygen atoms in total. The number of Topliss-reactive ketones (excluding diaryl/α,β-unsaturated/α-hetero) is 1. The minimum atomic E-state index is -0.251. The van der Waals surface area contributed by atoms with Gasteiger partial charge in [0.05, 0.1) is 7.11 Å². The minimum absolute atomic E-state index is 0.158. The molecule has 5 unspecified atom stereocenters. The first-order valence-electron chi connectivity index (χ1n) is 10.8. The molecule has 0 bridgehead atoms. The Morgan fingerprint density at radius 2 is 2.04 bits per heavy atom. The van der Waals surface area contributed by atoms with Gasteiger partial charge in [0, 0.05) is 18.3 Å². The molecular weight excluding hydrogens is 355 g/mol. The zero-order valence-electron chi connectivity index (χ0n) is 17.6. The van der Waals surface area contributed by atoms with Crippen molar-refractivity contribution >= 4 is 11.8 Å². The highest BCUT2D eigenvalue weighted by Gasteiger charge is 2.58. The maximum atomic E-state index is 13.6. The molecule has 5 atom stereocenters. The number of hydrogen-bond acceptors (Lipinski definition) is 3. The summed E-state index contributed by atoms with van der Waals surface area (Å²) < 4.78 is 18.4. The Balaban J connectivity index is 0.00000109. The summed E-state index contributed by atoms with van der Waals surface area (Å²) in [4.78, 5) is 24.5. The van der Waals surface area contributed by atoms with Crippen LogP contribution in [0.2, 0.25) is 0 Å². The molecule has 0 amide bonds. The van der Waals surface area contributed by atoms with Crippen LogP contribution in [0.25, 0.3) is 0 Å². The lowest BCUT2D eigenvalue weighted by Crippen LogP contribution is -2.44. The number of carbonyl (C=O) groups excluding carboxylic acids is 2. The summed E-state index contributed by atoms with van der Waals surface area (Å²) in [6, 6.07) is 5.22. The smallest absolute Gasteiger partial charge is 0.305 e. The van der Waals surface area contributed by atoms with E-state index < -0.39 is 0 Å². The van der Waals surface area contributed by atoms with Gasteiger partial charge in [0.1, 0.15) is 11.6 Å². The molecule has 4 rings (SSSR count). The zero-order chi connectivity index (χ0) is 20.5. The molecule has 0 spiro atoms. The number of fused-ring (bicyclic) bond motifs is 5. The van der Waals surface area contributed by atoms with Crippen molar-refractivity contribution in [1.29, 1.82) is 0 Å². The molecule has 28 heavy (non-hydrogen) atoms. The minimum Gasteiger partial charge on any atom is -0.469 e. The maximum absolute atomic E-state index is 13.6. The van der Waals surface area contributed by atoms with Crippen LogP contribution in [0.15, 0.2) is 18.2 Å². The van der Waals surface area contributed by atoms with Gasteiger partial charge in [-0.25, -0.2) is 4.39 Å². The highest BCUT2D eigenvalue weighted by molar-refractivity contribution is 5.87. The first-order chi connectivity index (χ1) is 13.4. The number of ether oxygens (including phenoxy) is 1. The molecule has 0 saturated heterocycles. The maximum Gasteiger partial charge on any atom is 0.305 e. The number of carbonyl (C=O) groups is 2. The predicted octanol–water partition coefficient (Wildman–Crippen LogP) is 5.46. The highest BCUT2D eigenvalue weighted by atomic mass is 19.1. The number of ketones is 1. The predicted molar refractivity (Wildman–Crippen MR) is 107 cm³/mol. The van der Waals surface area contributed by atoms with Crippen molar-refractivity contribution < 1.29 is 18.7 Å². The van der Waals surface area contributed by atoms with Crippen molar-refractivity contribution in [3.05, 3.63) is 35.1 Å². The van der Waals surface area contributed by atoms with Crippen LogP contribution in [0.1, 0.15) is 76.3 Å². The monoisotopic (exact) mass is 388 g/mol. The van der Waals surface area contributed by atoms with Gasteiger partial charge >= 0.3 is 5.97 Å². The summed E-state index contributed by atoms with van der Waals surface area (Å²) in [5.74, 6) is 1.50. The Hall–Kier alpha value is -1.71. The molecule has 0 heterocycles. The van der Waals surface area contributed by atoms with Gasteiger partial charge in [-0.15, -0.1) is 0 Å². The Bertz CT molecular complexity index is 743. The van der Waals surface area contributed by atoms with E-state index in [2.05, 4.69) is 6.92 Å². The number of aryl methyl sites for hydroxylation is 1. The summed E-state index contributed by atoms with van der Waals surface area (Å²) in [5, 5.41) is 0. The Kier molecular flexibility index (Phi) is 6.26. The van der Waals surface area contributed by atoms with Crippen LogP contribution in [0.3, 0.4) is 0 Å².